The summed E-state index contributed by atoms with van der Waals surface area (Å²) in [4.78, 5) is 25.0. The molecule has 1 unspecified atom stereocenters. The van der Waals surface area contributed by atoms with E-state index >= 15 is 0 Å². The van der Waals surface area contributed by atoms with Crippen LogP contribution in [0, 0.1) is 18.3 Å². The number of carbonyl (C=O) groups excluding carboxylic acids is 2. The van der Waals surface area contributed by atoms with E-state index in [1.165, 1.54) is 0 Å². The molecule has 0 aliphatic heterocycles. The third kappa shape index (κ3) is 5.96. The maximum absolute atomic E-state index is 12.5. The van der Waals surface area contributed by atoms with Crippen LogP contribution in [0.25, 0.3) is 0 Å². The Balaban J connectivity index is 2.75. The molecule has 5 heteroatoms. The zero-order valence-corrected chi connectivity index (χ0v) is 15.3. The zero-order valence-electron chi connectivity index (χ0n) is 15.3. The molecule has 0 spiro atoms. The van der Waals surface area contributed by atoms with Crippen LogP contribution in [0.2, 0.25) is 0 Å². The first-order valence-electron chi connectivity index (χ1n) is 8.43. The molecule has 3 N–H and O–H groups in total. The van der Waals surface area contributed by atoms with Gasteiger partial charge < -0.3 is 15.7 Å². The van der Waals surface area contributed by atoms with Crippen molar-refractivity contribution in [1.29, 1.82) is 0 Å². The molecule has 5 nitrogen and oxygen atoms in total. The number of aliphatic hydroxyl groups is 1. The summed E-state index contributed by atoms with van der Waals surface area (Å²) in [7, 11) is 0. The van der Waals surface area contributed by atoms with Gasteiger partial charge in [0.2, 0.25) is 5.91 Å². The quantitative estimate of drug-likeness (QED) is 0.682. The van der Waals surface area contributed by atoms with Crippen LogP contribution in [0.4, 0.5) is 0 Å². The summed E-state index contributed by atoms with van der Waals surface area (Å²) >= 11 is 0. The number of benzene rings is 1. The monoisotopic (exact) mass is 334 g/mol. The summed E-state index contributed by atoms with van der Waals surface area (Å²) in [5.74, 6) is -0.464. The van der Waals surface area contributed by atoms with Crippen LogP contribution in [0.15, 0.2) is 24.3 Å². The van der Waals surface area contributed by atoms with E-state index in [0.717, 1.165) is 5.56 Å². The molecule has 0 fully saturated rings. The van der Waals surface area contributed by atoms with Crippen molar-refractivity contribution in [3.63, 3.8) is 0 Å². The number of carbonyl (C=O) groups is 2. The van der Waals surface area contributed by atoms with E-state index in [4.69, 9.17) is 5.11 Å². The normalized spacial score (nSPS) is 12.8. The van der Waals surface area contributed by atoms with Crippen molar-refractivity contribution < 1.29 is 14.7 Å². The number of aliphatic hydroxyl groups excluding tert-OH is 1. The number of rotatable bonds is 8. The van der Waals surface area contributed by atoms with Crippen molar-refractivity contribution in [3.05, 3.63) is 35.4 Å². The van der Waals surface area contributed by atoms with Crippen LogP contribution in [-0.4, -0.2) is 36.1 Å². The Hall–Kier alpha value is -1.88. The molecular weight excluding hydrogens is 304 g/mol. The summed E-state index contributed by atoms with van der Waals surface area (Å²) in [6.45, 7) is 10.2. The van der Waals surface area contributed by atoms with Crippen LogP contribution in [0.1, 0.15) is 50.0 Å². The molecule has 24 heavy (non-hydrogen) atoms. The number of aryl methyl sites for hydroxylation is 1. The zero-order chi connectivity index (χ0) is 18.3. The molecule has 1 aromatic carbocycles. The van der Waals surface area contributed by atoms with Gasteiger partial charge in [0.25, 0.3) is 5.91 Å². The second-order valence-electron chi connectivity index (χ2n) is 7.37. The Morgan fingerprint density at radius 1 is 1.21 bits per heavy atom. The summed E-state index contributed by atoms with van der Waals surface area (Å²) in [6.07, 6.45) is 0.606. The highest BCUT2D eigenvalue weighted by molar-refractivity contribution is 5.98. The van der Waals surface area contributed by atoms with E-state index < -0.39 is 6.04 Å². The molecule has 0 aliphatic rings. The van der Waals surface area contributed by atoms with Crippen molar-refractivity contribution in [2.75, 3.05) is 13.2 Å². The SMILES string of the molecule is Cc1ccccc1C(=O)NC(C(=O)NCC(C)(C)CCO)C(C)C. The van der Waals surface area contributed by atoms with E-state index in [1.54, 1.807) is 6.07 Å². The van der Waals surface area contributed by atoms with Gasteiger partial charge in [-0.3, -0.25) is 9.59 Å². The average Bonchev–Trinajstić information content (AvgIpc) is 2.50. The van der Waals surface area contributed by atoms with Gasteiger partial charge in [-0.05, 0) is 36.3 Å². The first-order valence-corrected chi connectivity index (χ1v) is 8.43. The Bertz CT molecular complexity index is 567. The molecule has 0 saturated carbocycles. The van der Waals surface area contributed by atoms with Crippen molar-refractivity contribution in [1.82, 2.24) is 10.6 Å². The molecule has 0 bridgehead atoms. The third-order valence-corrected chi connectivity index (χ3v) is 4.16. The highest BCUT2D eigenvalue weighted by Gasteiger charge is 2.27. The maximum Gasteiger partial charge on any atom is 0.252 e. The topological polar surface area (TPSA) is 78.4 Å². The van der Waals surface area contributed by atoms with Crippen LogP contribution in [0.3, 0.4) is 0 Å². The lowest BCUT2D eigenvalue weighted by molar-refractivity contribution is -0.124. The Morgan fingerprint density at radius 2 is 1.83 bits per heavy atom. The molecule has 1 atom stereocenters. The van der Waals surface area contributed by atoms with Crippen molar-refractivity contribution in [3.8, 4) is 0 Å². The molecular formula is C19H30N2O3. The molecule has 0 aromatic heterocycles. The van der Waals surface area contributed by atoms with Gasteiger partial charge in [0.15, 0.2) is 0 Å². The Kier molecular flexibility index (Phi) is 7.42. The molecule has 1 aromatic rings. The van der Waals surface area contributed by atoms with Gasteiger partial charge in [-0.2, -0.15) is 0 Å². The van der Waals surface area contributed by atoms with Crippen molar-refractivity contribution >= 4 is 11.8 Å². The predicted molar refractivity (Wildman–Crippen MR) is 95.8 cm³/mol. The molecule has 134 valence electrons. The van der Waals surface area contributed by atoms with Crippen molar-refractivity contribution in [2.24, 2.45) is 11.3 Å². The number of amides is 2. The van der Waals surface area contributed by atoms with Gasteiger partial charge in [-0.15, -0.1) is 0 Å². The van der Waals surface area contributed by atoms with Gasteiger partial charge in [-0.1, -0.05) is 45.9 Å². The van der Waals surface area contributed by atoms with Crippen molar-refractivity contribution in [2.45, 2.75) is 47.1 Å². The van der Waals surface area contributed by atoms with Gasteiger partial charge >= 0.3 is 0 Å². The summed E-state index contributed by atoms with van der Waals surface area (Å²) in [5.41, 5.74) is 1.27. The molecule has 2 amide bonds. The minimum absolute atomic E-state index is 0.0288. The minimum atomic E-state index is -0.595. The first kappa shape index (κ1) is 20.2. The number of hydrogen-bond acceptors (Lipinski definition) is 3. The van der Waals surface area contributed by atoms with E-state index in [1.807, 2.05) is 52.8 Å². The summed E-state index contributed by atoms with van der Waals surface area (Å²) in [5, 5.41) is 14.8. The van der Waals surface area contributed by atoms with Gasteiger partial charge in [0.05, 0.1) is 0 Å². The largest absolute Gasteiger partial charge is 0.396 e. The highest BCUT2D eigenvalue weighted by Crippen LogP contribution is 2.18. The van der Waals surface area contributed by atoms with Crippen LogP contribution in [0.5, 0.6) is 0 Å². The molecule has 0 saturated heterocycles. The second kappa shape index (κ2) is 8.83. The number of hydrogen-bond donors (Lipinski definition) is 3. The minimum Gasteiger partial charge on any atom is -0.396 e. The van der Waals surface area contributed by atoms with Crippen LogP contribution < -0.4 is 10.6 Å². The predicted octanol–water partition coefficient (Wildman–Crippen LogP) is 2.27. The van der Waals surface area contributed by atoms with E-state index in [0.29, 0.717) is 18.5 Å². The Morgan fingerprint density at radius 3 is 2.38 bits per heavy atom. The third-order valence-electron chi connectivity index (χ3n) is 4.16. The molecule has 1 rings (SSSR count). The maximum atomic E-state index is 12.5. The second-order valence-corrected chi connectivity index (χ2v) is 7.37. The molecule has 0 aliphatic carbocycles. The standard InChI is InChI=1S/C19H30N2O3/c1-13(2)16(18(24)20-12-19(4,5)10-11-22)21-17(23)15-9-7-6-8-14(15)3/h6-9,13,16,22H,10-12H2,1-5H3,(H,20,24)(H,21,23). The van der Waals surface area contributed by atoms with Crippen LogP contribution in [-0.2, 0) is 4.79 Å². The van der Waals surface area contributed by atoms with Gasteiger partial charge in [0.1, 0.15) is 6.04 Å². The average molecular weight is 334 g/mol. The molecule has 0 radical (unpaired) electrons. The van der Waals surface area contributed by atoms with Gasteiger partial charge in [0, 0.05) is 18.7 Å². The van der Waals surface area contributed by atoms with E-state index in [-0.39, 0.29) is 29.8 Å². The van der Waals surface area contributed by atoms with E-state index in [2.05, 4.69) is 10.6 Å². The summed E-state index contributed by atoms with van der Waals surface area (Å²) < 4.78 is 0. The molecule has 0 heterocycles. The fourth-order valence-corrected chi connectivity index (χ4v) is 2.41. The Labute approximate surface area is 144 Å². The number of nitrogens with one attached hydrogen (secondary N) is 2. The first-order chi connectivity index (χ1) is 11.2. The van der Waals surface area contributed by atoms with Gasteiger partial charge in [-0.25, -0.2) is 0 Å². The lowest BCUT2D eigenvalue weighted by Crippen LogP contribution is -2.51. The lowest BCUT2D eigenvalue weighted by Gasteiger charge is -2.27. The van der Waals surface area contributed by atoms with Crippen LogP contribution >= 0.6 is 0 Å². The van der Waals surface area contributed by atoms with E-state index in [9.17, 15) is 9.59 Å². The fraction of sp³-hybridized carbons (Fsp3) is 0.579. The summed E-state index contributed by atoms with van der Waals surface area (Å²) in [6, 6.07) is 6.72. The fourth-order valence-electron chi connectivity index (χ4n) is 2.41. The lowest BCUT2D eigenvalue weighted by atomic mass is 9.89. The smallest absolute Gasteiger partial charge is 0.252 e. The highest BCUT2D eigenvalue weighted by atomic mass is 16.3.